The van der Waals surface area contributed by atoms with Crippen molar-refractivity contribution >= 4 is 107 Å². The number of amides is 3. The zero-order valence-electron chi connectivity index (χ0n) is 38.7. The summed E-state index contributed by atoms with van der Waals surface area (Å²) in [5, 5.41) is 18.0. The first-order chi connectivity index (χ1) is 29.2. The number of aliphatic hydroxyl groups is 1. The van der Waals surface area contributed by atoms with Crippen LogP contribution >= 0.6 is 77.0 Å². The van der Waals surface area contributed by atoms with E-state index in [2.05, 4.69) is 74.5 Å². The number of ketones is 2. The number of alkyl carbamates (subject to hydrolysis) is 3. The second kappa shape index (κ2) is 33.7. The van der Waals surface area contributed by atoms with Gasteiger partial charge in [0.1, 0.15) is 16.8 Å². The second-order valence-corrected chi connectivity index (χ2v) is 20.8. The van der Waals surface area contributed by atoms with E-state index in [0.29, 0.717) is 24.1 Å². The molecular formula is C46H68Cl2I2N3O9P. The molecule has 0 fully saturated rings. The Bertz CT molecular complexity index is 1730. The van der Waals surface area contributed by atoms with Gasteiger partial charge in [-0.2, -0.15) is 0 Å². The van der Waals surface area contributed by atoms with Crippen molar-refractivity contribution in [2.45, 2.75) is 111 Å². The van der Waals surface area contributed by atoms with Gasteiger partial charge in [0.05, 0.1) is 11.4 Å². The number of aryl methyl sites for hydroxylation is 1. The molecule has 0 bridgehead atoms. The van der Waals surface area contributed by atoms with Crippen LogP contribution in [0.5, 0.6) is 0 Å². The van der Waals surface area contributed by atoms with Crippen molar-refractivity contribution in [1.29, 1.82) is 0 Å². The summed E-state index contributed by atoms with van der Waals surface area (Å²) >= 11 is 13.9. The van der Waals surface area contributed by atoms with Crippen molar-refractivity contribution in [2.75, 3.05) is 38.3 Å². The minimum absolute atomic E-state index is 0.00887. The number of carbonyl (C=O) groups is 5. The highest BCUT2D eigenvalue weighted by atomic mass is 127. The van der Waals surface area contributed by atoms with Gasteiger partial charge in [0.2, 0.25) is 0 Å². The van der Waals surface area contributed by atoms with E-state index in [9.17, 15) is 29.1 Å². The van der Waals surface area contributed by atoms with E-state index in [-0.39, 0.29) is 42.8 Å². The molecule has 0 saturated carbocycles. The average molecular weight is 1160 g/mol. The summed E-state index contributed by atoms with van der Waals surface area (Å²) in [5.41, 5.74) is 1.69. The molecule has 1 unspecified atom stereocenters. The predicted octanol–water partition coefficient (Wildman–Crippen LogP) is 12.1. The highest BCUT2D eigenvalue weighted by Gasteiger charge is 2.18. The number of ether oxygens (including phenoxy) is 3. The number of hydrogen-bond donors (Lipinski definition) is 4. The number of halogens is 4. The Morgan fingerprint density at radius 1 is 0.619 bits per heavy atom. The Morgan fingerprint density at radius 3 is 1.33 bits per heavy atom. The largest absolute Gasteiger partial charge is 0.444 e. The number of rotatable bonds is 12. The van der Waals surface area contributed by atoms with Crippen LogP contribution in [0.1, 0.15) is 120 Å². The molecule has 63 heavy (non-hydrogen) atoms. The van der Waals surface area contributed by atoms with Crippen molar-refractivity contribution in [1.82, 2.24) is 16.0 Å². The van der Waals surface area contributed by atoms with Crippen LogP contribution in [0.25, 0.3) is 0 Å². The number of nitrogens with one attached hydrogen (secondary N) is 3. The molecule has 4 N–H and O–H groups in total. The molecule has 0 spiro atoms. The Labute approximate surface area is 414 Å². The van der Waals surface area contributed by atoms with E-state index < -0.39 is 41.2 Å². The van der Waals surface area contributed by atoms with Gasteiger partial charge in [0.25, 0.3) is 0 Å². The van der Waals surface area contributed by atoms with E-state index in [4.69, 9.17) is 37.4 Å². The molecule has 0 heterocycles. The molecule has 12 nitrogen and oxygen atoms in total. The van der Waals surface area contributed by atoms with Gasteiger partial charge >= 0.3 is 18.3 Å². The van der Waals surface area contributed by atoms with Gasteiger partial charge in [0.15, 0.2) is 11.6 Å². The van der Waals surface area contributed by atoms with E-state index in [1.165, 1.54) is 0 Å². The lowest BCUT2D eigenvalue weighted by molar-refractivity contribution is 0.0508. The van der Waals surface area contributed by atoms with Crippen molar-refractivity contribution < 1.29 is 43.3 Å². The fourth-order valence-electron chi connectivity index (χ4n) is 4.46. The highest BCUT2D eigenvalue weighted by molar-refractivity contribution is 14.1. The quantitative estimate of drug-likeness (QED) is 0.0453. The predicted molar refractivity (Wildman–Crippen MR) is 276 cm³/mol. The van der Waals surface area contributed by atoms with Crippen molar-refractivity contribution in [3.63, 3.8) is 0 Å². The molecule has 0 radical (unpaired) electrons. The number of benzene rings is 3. The van der Waals surface area contributed by atoms with Gasteiger partial charge in [0, 0.05) is 50.7 Å². The molecule has 0 aliphatic heterocycles. The third kappa shape index (κ3) is 37.2. The summed E-state index contributed by atoms with van der Waals surface area (Å²) in [6.07, 6.45) is -1.04. The number of alkyl halides is 2. The third-order valence-electron chi connectivity index (χ3n) is 6.85. The molecule has 3 aromatic carbocycles. The van der Waals surface area contributed by atoms with Gasteiger partial charge in [-0.05, 0) is 170 Å². The number of Topliss-reactive ketones (excluding diaryl/α,β-unsaturated/α-hetero) is 2. The Kier molecular flexibility index (Phi) is 33.3. The van der Waals surface area contributed by atoms with Gasteiger partial charge in [-0.15, -0.1) is 31.8 Å². The van der Waals surface area contributed by atoms with Crippen molar-refractivity contribution in [2.24, 2.45) is 0 Å². The first kappa shape index (κ1) is 62.3. The molecule has 0 aliphatic rings. The summed E-state index contributed by atoms with van der Waals surface area (Å²) in [7, 11) is 1.08. The van der Waals surface area contributed by atoms with Crippen LogP contribution < -0.4 is 16.0 Å². The summed E-state index contributed by atoms with van der Waals surface area (Å²) in [6.45, 7) is 23.4. The molecule has 0 aromatic heterocycles. The normalized spacial score (nSPS) is 11.1. The van der Waals surface area contributed by atoms with Gasteiger partial charge < -0.3 is 35.3 Å². The standard InChI is InChI=1S/C15H21NO3.C14H20INO3.C14H18INO3.C2H7P.CH2Cl2/c1-11-6-5-7-12(10-11)13(17)8-9-16-14(18)19-15(2,3)4;2*1-14(2,3)19-13(18)16-8-7-12(17)10-5-4-6-11(15)9-10;1-3-2;2-1-3/h5-7,10H,8-9H2,1-4H3,(H,16,18);4-6,9,12,17H,7-8H2,1-3H3,(H,16,18);4-6,9H,7-8H2,1-3H3,(H,16,18);3H,1-2H3;1H2. The Hall–Kier alpha value is -2.76. The van der Waals surface area contributed by atoms with E-state index in [0.717, 1.165) is 26.8 Å². The summed E-state index contributed by atoms with van der Waals surface area (Å²) in [5.74, 6) is 0.0225. The third-order valence-corrected chi connectivity index (χ3v) is 8.19. The minimum Gasteiger partial charge on any atom is -0.444 e. The van der Waals surface area contributed by atoms with Gasteiger partial charge in [-0.3, -0.25) is 9.59 Å². The lowest BCUT2D eigenvalue weighted by Gasteiger charge is -2.20. The second-order valence-electron chi connectivity index (χ2n) is 16.5. The Morgan fingerprint density at radius 2 is 0.968 bits per heavy atom. The smallest absolute Gasteiger partial charge is 0.407 e. The van der Waals surface area contributed by atoms with Crippen LogP contribution in [0.2, 0.25) is 0 Å². The van der Waals surface area contributed by atoms with Crippen LogP contribution in [-0.4, -0.2) is 90.1 Å². The molecule has 354 valence electrons. The van der Waals surface area contributed by atoms with Crippen LogP contribution in [0.3, 0.4) is 0 Å². The molecule has 1 atom stereocenters. The van der Waals surface area contributed by atoms with E-state index in [1.54, 1.807) is 53.7 Å². The lowest BCUT2D eigenvalue weighted by Crippen LogP contribution is -2.33. The molecule has 0 saturated heterocycles. The monoisotopic (exact) mass is 1160 g/mol. The maximum atomic E-state index is 11.9. The van der Waals surface area contributed by atoms with Gasteiger partial charge in [-0.1, -0.05) is 48.0 Å². The highest BCUT2D eigenvalue weighted by Crippen LogP contribution is 2.18. The summed E-state index contributed by atoms with van der Waals surface area (Å²) < 4.78 is 17.4. The molecule has 0 aliphatic carbocycles. The van der Waals surface area contributed by atoms with Crippen molar-refractivity contribution in [3.8, 4) is 0 Å². The average Bonchev–Trinajstić information content (AvgIpc) is 3.14. The fourth-order valence-corrected chi connectivity index (χ4v) is 5.57. The lowest BCUT2D eigenvalue weighted by atomic mass is 10.1. The molecule has 3 rings (SSSR count). The van der Waals surface area contributed by atoms with E-state index in [1.807, 2.05) is 88.4 Å². The zero-order valence-corrected chi connectivity index (χ0v) is 45.5. The fraction of sp³-hybridized carbons (Fsp3) is 0.500. The van der Waals surface area contributed by atoms with E-state index >= 15 is 0 Å². The molecular weight excluding hydrogens is 1090 g/mol. The maximum Gasteiger partial charge on any atom is 0.407 e. The maximum absolute atomic E-state index is 11.9. The number of hydrogen-bond acceptors (Lipinski definition) is 9. The number of carbonyl (C=O) groups excluding carboxylic acids is 5. The molecule has 3 amide bonds. The summed E-state index contributed by atoms with van der Waals surface area (Å²) in [6, 6.07) is 22.5. The van der Waals surface area contributed by atoms with Crippen LogP contribution in [0.4, 0.5) is 14.4 Å². The molecule has 17 heteroatoms. The first-order valence-corrected chi connectivity index (χ1v) is 25.3. The van der Waals surface area contributed by atoms with Gasteiger partial charge in [-0.25, -0.2) is 14.4 Å². The molecule has 3 aromatic rings. The minimum atomic E-state index is -0.579. The SMILES string of the molecule is CC(C)(C)OC(=O)NCCC(=O)c1cccc(I)c1.CC(C)(C)OC(=O)NCCC(O)c1cccc(I)c1.CPC.Cc1cccc(C(=O)CCNC(=O)OC(C)(C)C)c1.ClCCl. The van der Waals surface area contributed by atoms with Crippen LogP contribution in [-0.2, 0) is 14.2 Å². The van der Waals surface area contributed by atoms with Crippen molar-refractivity contribution in [3.05, 3.63) is 102 Å². The van der Waals surface area contributed by atoms with Crippen LogP contribution in [0.15, 0.2) is 72.8 Å². The first-order valence-electron chi connectivity index (χ1n) is 20.1. The Balaban J connectivity index is 0. The number of aliphatic hydroxyl groups excluding tert-OH is 1. The van der Waals surface area contributed by atoms with Crippen LogP contribution in [0, 0.1) is 14.1 Å². The summed E-state index contributed by atoms with van der Waals surface area (Å²) in [4.78, 5) is 57.9. The topological polar surface area (TPSA) is 169 Å². The zero-order chi connectivity index (χ0) is 48.8.